The van der Waals surface area contributed by atoms with Gasteiger partial charge in [-0.1, -0.05) is 11.8 Å². The summed E-state index contributed by atoms with van der Waals surface area (Å²) >= 11 is 0. The molecular formula is C11H10FNO2. The quantitative estimate of drug-likeness (QED) is 0.675. The van der Waals surface area contributed by atoms with Crippen LogP contribution >= 0.6 is 0 Å². The molecule has 0 atom stereocenters. The number of carbonyl (C=O) groups is 1. The number of amides is 1. The minimum Gasteiger partial charge on any atom is -0.505 e. The zero-order valence-electron chi connectivity index (χ0n) is 8.17. The number of phenols is 1. The lowest BCUT2D eigenvalue weighted by Gasteiger charge is -1.95. The molecule has 1 amide bonds. The van der Waals surface area contributed by atoms with Crippen molar-refractivity contribution in [2.24, 2.45) is 0 Å². The van der Waals surface area contributed by atoms with E-state index in [-0.39, 0.29) is 12.5 Å². The number of phenolic OH excluding ortho intramolecular Hbond substituents is 1. The van der Waals surface area contributed by atoms with Crippen LogP contribution in [-0.4, -0.2) is 17.6 Å². The molecule has 0 heterocycles. The van der Waals surface area contributed by atoms with Crippen LogP contribution in [0.4, 0.5) is 4.39 Å². The van der Waals surface area contributed by atoms with Crippen molar-refractivity contribution in [3.05, 3.63) is 29.6 Å². The highest BCUT2D eigenvalue weighted by atomic mass is 19.1. The Bertz CT molecular complexity index is 432. The van der Waals surface area contributed by atoms with Gasteiger partial charge in [0.15, 0.2) is 11.6 Å². The van der Waals surface area contributed by atoms with Crippen molar-refractivity contribution < 1.29 is 14.3 Å². The van der Waals surface area contributed by atoms with Crippen LogP contribution in [-0.2, 0) is 4.79 Å². The summed E-state index contributed by atoms with van der Waals surface area (Å²) in [5, 5.41) is 11.5. The van der Waals surface area contributed by atoms with Crippen molar-refractivity contribution in [2.75, 3.05) is 6.54 Å². The summed E-state index contributed by atoms with van der Waals surface area (Å²) in [4.78, 5) is 10.5. The number of hydrogen-bond acceptors (Lipinski definition) is 2. The van der Waals surface area contributed by atoms with E-state index in [9.17, 15) is 9.18 Å². The van der Waals surface area contributed by atoms with Gasteiger partial charge in [-0.05, 0) is 18.2 Å². The molecule has 0 aliphatic rings. The van der Waals surface area contributed by atoms with Crippen molar-refractivity contribution in [3.63, 3.8) is 0 Å². The fraction of sp³-hybridized carbons (Fsp3) is 0.182. The summed E-state index contributed by atoms with van der Waals surface area (Å²) < 4.78 is 12.6. The van der Waals surface area contributed by atoms with Crippen molar-refractivity contribution in [1.82, 2.24) is 5.32 Å². The molecule has 15 heavy (non-hydrogen) atoms. The van der Waals surface area contributed by atoms with Gasteiger partial charge >= 0.3 is 0 Å². The van der Waals surface area contributed by atoms with Gasteiger partial charge in [0.2, 0.25) is 5.91 Å². The third-order valence-corrected chi connectivity index (χ3v) is 1.60. The van der Waals surface area contributed by atoms with Gasteiger partial charge < -0.3 is 10.4 Å². The molecule has 0 aliphatic heterocycles. The summed E-state index contributed by atoms with van der Waals surface area (Å²) in [6.07, 6.45) is 0. The molecule has 0 saturated heterocycles. The molecule has 1 aromatic carbocycles. The van der Waals surface area contributed by atoms with E-state index in [0.29, 0.717) is 5.56 Å². The fourth-order valence-electron chi connectivity index (χ4n) is 0.905. The number of hydrogen-bond donors (Lipinski definition) is 2. The van der Waals surface area contributed by atoms with E-state index in [1.54, 1.807) is 0 Å². The maximum atomic E-state index is 12.6. The lowest BCUT2D eigenvalue weighted by atomic mass is 10.2. The summed E-state index contributed by atoms with van der Waals surface area (Å²) in [7, 11) is 0. The first-order chi connectivity index (χ1) is 7.09. The predicted molar refractivity (Wildman–Crippen MR) is 53.6 cm³/mol. The van der Waals surface area contributed by atoms with Gasteiger partial charge in [-0.2, -0.15) is 0 Å². The lowest BCUT2D eigenvalue weighted by molar-refractivity contribution is -0.118. The zero-order valence-corrected chi connectivity index (χ0v) is 8.17. The van der Waals surface area contributed by atoms with Gasteiger partial charge in [-0.25, -0.2) is 4.39 Å². The molecule has 0 aromatic heterocycles. The molecule has 2 N–H and O–H groups in total. The van der Waals surface area contributed by atoms with Crippen LogP contribution in [0.3, 0.4) is 0 Å². The summed E-state index contributed by atoms with van der Waals surface area (Å²) in [6.45, 7) is 1.62. The minimum atomic E-state index is -0.678. The van der Waals surface area contributed by atoms with Crippen molar-refractivity contribution in [2.45, 2.75) is 6.92 Å². The Kier molecular flexibility index (Phi) is 3.69. The van der Waals surface area contributed by atoms with Crippen molar-refractivity contribution in [1.29, 1.82) is 0 Å². The summed E-state index contributed by atoms with van der Waals surface area (Å²) in [5.41, 5.74) is 0.499. The highest BCUT2D eigenvalue weighted by Crippen LogP contribution is 2.15. The van der Waals surface area contributed by atoms with E-state index >= 15 is 0 Å². The Labute approximate surface area is 86.9 Å². The van der Waals surface area contributed by atoms with Crippen LogP contribution in [0.15, 0.2) is 18.2 Å². The number of carbonyl (C=O) groups excluding carboxylic acids is 1. The van der Waals surface area contributed by atoms with Crippen LogP contribution in [0.5, 0.6) is 5.75 Å². The second kappa shape index (κ2) is 5.01. The van der Waals surface area contributed by atoms with E-state index in [1.165, 1.54) is 19.1 Å². The molecule has 0 saturated carbocycles. The Hall–Kier alpha value is -2.02. The van der Waals surface area contributed by atoms with Crippen LogP contribution in [0.25, 0.3) is 0 Å². The fourth-order valence-corrected chi connectivity index (χ4v) is 0.905. The Morgan fingerprint density at radius 3 is 2.93 bits per heavy atom. The van der Waals surface area contributed by atoms with Crippen molar-refractivity contribution >= 4 is 5.91 Å². The number of benzene rings is 1. The molecule has 78 valence electrons. The second-order valence-electron chi connectivity index (χ2n) is 2.88. The molecule has 0 spiro atoms. The first-order valence-electron chi connectivity index (χ1n) is 4.31. The zero-order chi connectivity index (χ0) is 11.3. The smallest absolute Gasteiger partial charge is 0.217 e. The largest absolute Gasteiger partial charge is 0.505 e. The van der Waals surface area contributed by atoms with E-state index in [1.807, 2.05) is 0 Å². The van der Waals surface area contributed by atoms with E-state index in [4.69, 9.17) is 5.11 Å². The predicted octanol–water partition coefficient (Wildman–Crippen LogP) is 1.02. The molecule has 1 rings (SSSR count). The molecule has 3 nitrogen and oxygen atoms in total. The van der Waals surface area contributed by atoms with Crippen LogP contribution in [0.1, 0.15) is 12.5 Å². The highest BCUT2D eigenvalue weighted by Gasteiger charge is 1.98. The summed E-state index contributed by atoms with van der Waals surface area (Å²) in [6, 6.07) is 3.82. The monoisotopic (exact) mass is 207 g/mol. The average Bonchev–Trinajstić information content (AvgIpc) is 2.18. The normalized spacial score (nSPS) is 8.93. The van der Waals surface area contributed by atoms with E-state index in [2.05, 4.69) is 17.2 Å². The van der Waals surface area contributed by atoms with Gasteiger partial charge in [0.25, 0.3) is 0 Å². The van der Waals surface area contributed by atoms with Crippen molar-refractivity contribution in [3.8, 4) is 17.6 Å². The van der Waals surface area contributed by atoms with Gasteiger partial charge in [0, 0.05) is 12.5 Å². The third-order valence-electron chi connectivity index (χ3n) is 1.60. The van der Waals surface area contributed by atoms with E-state index < -0.39 is 11.6 Å². The lowest BCUT2D eigenvalue weighted by Crippen LogP contribution is -2.19. The number of aromatic hydroxyl groups is 1. The Morgan fingerprint density at radius 2 is 2.33 bits per heavy atom. The Morgan fingerprint density at radius 1 is 1.60 bits per heavy atom. The molecule has 0 unspecified atom stereocenters. The van der Waals surface area contributed by atoms with Crippen LogP contribution in [0.2, 0.25) is 0 Å². The molecule has 4 heteroatoms. The van der Waals surface area contributed by atoms with Gasteiger partial charge in [0.05, 0.1) is 6.54 Å². The first-order valence-corrected chi connectivity index (χ1v) is 4.31. The van der Waals surface area contributed by atoms with Gasteiger partial charge in [0.1, 0.15) is 0 Å². The third kappa shape index (κ3) is 3.69. The Balaban J connectivity index is 2.64. The van der Waals surface area contributed by atoms with Crippen LogP contribution < -0.4 is 5.32 Å². The number of halogens is 1. The van der Waals surface area contributed by atoms with Gasteiger partial charge in [-0.3, -0.25) is 4.79 Å². The number of nitrogens with one attached hydrogen (secondary N) is 1. The molecule has 0 fully saturated rings. The minimum absolute atomic E-state index is 0.161. The highest BCUT2D eigenvalue weighted by molar-refractivity contribution is 5.73. The van der Waals surface area contributed by atoms with Crippen LogP contribution in [0, 0.1) is 17.7 Å². The van der Waals surface area contributed by atoms with E-state index in [0.717, 1.165) is 6.07 Å². The maximum absolute atomic E-state index is 12.6. The molecule has 0 aliphatic carbocycles. The number of rotatable bonds is 1. The first kappa shape index (κ1) is 11.1. The standard InChI is InChI=1S/C11H10FNO2/c1-8(14)13-6-2-3-9-4-5-10(12)11(15)7-9/h4-5,7,15H,6H2,1H3,(H,13,14). The second-order valence-corrected chi connectivity index (χ2v) is 2.88. The van der Waals surface area contributed by atoms with Gasteiger partial charge in [-0.15, -0.1) is 0 Å². The molecule has 0 bridgehead atoms. The summed E-state index contributed by atoms with van der Waals surface area (Å²) in [5.74, 6) is 4.07. The average molecular weight is 207 g/mol. The molecule has 0 radical (unpaired) electrons. The molecular weight excluding hydrogens is 197 g/mol. The topological polar surface area (TPSA) is 49.3 Å². The maximum Gasteiger partial charge on any atom is 0.217 e. The molecule has 1 aromatic rings. The SMILES string of the molecule is CC(=O)NCC#Cc1ccc(F)c(O)c1.